The number of carbonyl (C=O) groups excluding carboxylic acids is 1. The molecular weight excluding hydrogens is 264 g/mol. The van der Waals surface area contributed by atoms with Gasteiger partial charge in [0.2, 0.25) is 0 Å². The van der Waals surface area contributed by atoms with Gasteiger partial charge in [-0.2, -0.15) is 0 Å². The molecule has 2 atom stereocenters. The lowest BCUT2D eigenvalue weighted by atomic mass is 10.1. The van der Waals surface area contributed by atoms with E-state index < -0.39 is 6.10 Å². The number of nitrogen functional groups attached to an aromatic ring is 1. The Balaban J connectivity index is 1.87. The molecule has 2 aromatic rings. The van der Waals surface area contributed by atoms with Crippen LogP contribution in [0.2, 0.25) is 0 Å². The molecule has 0 aliphatic heterocycles. The van der Waals surface area contributed by atoms with Crippen molar-refractivity contribution in [3.05, 3.63) is 64.7 Å². The highest BCUT2D eigenvalue weighted by Gasteiger charge is 2.32. The van der Waals surface area contributed by atoms with Gasteiger partial charge in [-0.1, -0.05) is 36.4 Å². The summed E-state index contributed by atoms with van der Waals surface area (Å²) in [6, 6.07) is 12.8. The van der Waals surface area contributed by atoms with Crippen LogP contribution in [0.15, 0.2) is 42.5 Å². The van der Waals surface area contributed by atoms with Gasteiger partial charge in [-0.3, -0.25) is 4.79 Å². The van der Waals surface area contributed by atoms with Crippen molar-refractivity contribution in [2.75, 3.05) is 5.73 Å². The minimum atomic E-state index is -0.600. The highest BCUT2D eigenvalue weighted by molar-refractivity contribution is 6.00. The van der Waals surface area contributed by atoms with Crippen molar-refractivity contribution in [3.8, 4) is 0 Å². The van der Waals surface area contributed by atoms with Gasteiger partial charge in [-0.25, -0.2) is 0 Å². The molecule has 0 unspecified atom stereocenters. The molecular formula is C17H18N2O2. The van der Waals surface area contributed by atoms with E-state index in [9.17, 15) is 9.90 Å². The molecule has 1 amide bonds. The van der Waals surface area contributed by atoms with Crippen molar-refractivity contribution in [2.24, 2.45) is 0 Å². The Morgan fingerprint density at radius 3 is 2.81 bits per heavy atom. The summed E-state index contributed by atoms with van der Waals surface area (Å²) in [7, 11) is 0. The topological polar surface area (TPSA) is 75.3 Å². The first kappa shape index (κ1) is 13.6. The third-order valence-electron chi connectivity index (χ3n) is 4.06. The summed E-state index contributed by atoms with van der Waals surface area (Å²) in [5, 5.41) is 13.1. The van der Waals surface area contributed by atoms with Gasteiger partial charge in [0.05, 0.1) is 17.7 Å². The first-order valence-corrected chi connectivity index (χ1v) is 6.99. The van der Waals surface area contributed by atoms with Crippen LogP contribution in [-0.2, 0) is 6.42 Å². The molecule has 2 aromatic carbocycles. The van der Waals surface area contributed by atoms with E-state index in [0.717, 1.165) is 16.7 Å². The molecule has 3 rings (SSSR count). The Morgan fingerprint density at radius 1 is 1.24 bits per heavy atom. The van der Waals surface area contributed by atoms with Gasteiger partial charge in [-0.15, -0.1) is 0 Å². The lowest BCUT2D eigenvalue weighted by Crippen LogP contribution is -2.34. The number of aryl methyl sites for hydroxylation is 1. The van der Waals surface area contributed by atoms with Crippen LogP contribution in [0, 0.1) is 6.92 Å². The van der Waals surface area contributed by atoms with Crippen LogP contribution >= 0.6 is 0 Å². The molecule has 0 saturated carbocycles. The molecule has 0 saturated heterocycles. The molecule has 0 heterocycles. The second kappa shape index (κ2) is 5.22. The van der Waals surface area contributed by atoms with Crippen LogP contribution in [0.25, 0.3) is 0 Å². The molecule has 1 aliphatic rings. The number of fused-ring (bicyclic) bond motifs is 1. The maximum Gasteiger partial charge on any atom is 0.253 e. The molecule has 0 spiro atoms. The molecule has 108 valence electrons. The van der Waals surface area contributed by atoms with E-state index in [1.165, 1.54) is 0 Å². The van der Waals surface area contributed by atoms with Gasteiger partial charge < -0.3 is 16.2 Å². The number of anilines is 1. The summed E-state index contributed by atoms with van der Waals surface area (Å²) in [4.78, 5) is 12.4. The van der Waals surface area contributed by atoms with Gasteiger partial charge in [0.15, 0.2) is 0 Å². The van der Waals surface area contributed by atoms with E-state index in [2.05, 4.69) is 5.32 Å². The normalized spacial score (nSPS) is 20.1. The average Bonchev–Trinajstić information content (AvgIpc) is 2.78. The summed E-state index contributed by atoms with van der Waals surface area (Å²) in [6.45, 7) is 1.87. The smallest absolute Gasteiger partial charge is 0.253 e. The molecule has 21 heavy (non-hydrogen) atoms. The molecule has 0 fully saturated rings. The van der Waals surface area contributed by atoms with Gasteiger partial charge in [0.1, 0.15) is 0 Å². The van der Waals surface area contributed by atoms with E-state index in [0.29, 0.717) is 17.7 Å². The number of hydrogen-bond donors (Lipinski definition) is 3. The summed E-state index contributed by atoms with van der Waals surface area (Å²) in [5.41, 5.74) is 9.82. The molecule has 1 aliphatic carbocycles. The third-order valence-corrected chi connectivity index (χ3v) is 4.06. The quantitative estimate of drug-likeness (QED) is 0.737. The number of amides is 1. The first-order valence-electron chi connectivity index (χ1n) is 6.99. The number of aliphatic hydroxyl groups is 1. The Bertz CT molecular complexity index is 697. The monoisotopic (exact) mass is 282 g/mol. The lowest BCUT2D eigenvalue weighted by molar-refractivity contribution is 0.0859. The van der Waals surface area contributed by atoms with Crippen LogP contribution in [0.5, 0.6) is 0 Å². The minimum Gasteiger partial charge on any atom is -0.398 e. The standard InChI is InChI=1S/C17H18N2O2/c1-10-5-4-8-13(15(10)18)17(21)19-16-12-7-3-2-6-11(12)9-14(16)20/h2-8,14,16,20H,9,18H2,1H3,(H,19,21)/t14-,16+/m1/s1. The minimum absolute atomic E-state index is 0.253. The molecule has 4 heteroatoms. The van der Waals surface area contributed by atoms with Gasteiger partial charge in [0.25, 0.3) is 5.91 Å². The van der Waals surface area contributed by atoms with E-state index in [4.69, 9.17) is 5.73 Å². The summed E-state index contributed by atoms with van der Waals surface area (Å²) in [6.07, 6.45) is -0.0397. The number of nitrogens with one attached hydrogen (secondary N) is 1. The Kier molecular flexibility index (Phi) is 3.39. The average molecular weight is 282 g/mol. The second-order valence-corrected chi connectivity index (χ2v) is 5.46. The zero-order chi connectivity index (χ0) is 15.0. The number of rotatable bonds is 2. The van der Waals surface area contributed by atoms with Crippen LogP contribution in [0.3, 0.4) is 0 Å². The summed E-state index contributed by atoms with van der Waals surface area (Å²) >= 11 is 0. The molecule has 4 nitrogen and oxygen atoms in total. The number of hydrogen-bond acceptors (Lipinski definition) is 3. The Hall–Kier alpha value is -2.33. The second-order valence-electron chi connectivity index (χ2n) is 5.46. The fraction of sp³-hybridized carbons (Fsp3) is 0.235. The van der Waals surface area contributed by atoms with Crippen molar-refractivity contribution in [1.82, 2.24) is 5.32 Å². The third kappa shape index (κ3) is 2.38. The van der Waals surface area contributed by atoms with Crippen molar-refractivity contribution in [3.63, 3.8) is 0 Å². The fourth-order valence-corrected chi connectivity index (χ4v) is 2.85. The fourth-order valence-electron chi connectivity index (χ4n) is 2.85. The van der Waals surface area contributed by atoms with Crippen LogP contribution in [-0.4, -0.2) is 17.1 Å². The predicted octanol–water partition coefficient (Wildman–Crippen LogP) is 1.97. The van der Waals surface area contributed by atoms with Crippen molar-refractivity contribution >= 4 is 11.6 Å². The molecule has 0 aromatic heterocycles. The SMILES string of the molecule is Cc1cccc(C(=O)N[C@H]2c3ccccc3C[C@H]2O)c1N. The Labute approximate surface area is 123 Å². The van der Waals surface area contributed by atoms with E-state index in [1.807, 2.05) is 37.3 Å². The Morgan fingerprint density at radius 2 is 2.00 bits per heavy atom. The lowest BCUT2D eigenvalue weighted by Gasteiger charge is -2.19. The number of para-hydroxylation sites is 1. The van der Waals surface area contributed by atoms with E-state index in [1.54, 1.807) is 12.1 Å². The predicted molar refractivity (Wildman–Crippen MR) is 82.0 cm³/mol. The first-order chi connectivity index (χ1) is 10.1. The van der Waals surface area contributed by atoms with Crippen LogP contribution < -0.4 is 11.1 Å². The zero-order valence-electron chi connectivity index (χ0n) is 11.8. The van der Waals surface area contributed by atoms with Crippen LogP contribution in [0.4, 0.5) is 5.69 Å². The summed E-state index contributed by atoms with van der Waals surface area (Å²) in [5.74, 6) is -0.253. The van der Waals surface area contributed by atoms with Gasteiger partial charge >= 0.3 is 0 Å². The number of nitrogens with two attached hydrogens (primary N) is 1. The molecule has 0 radical (unpaired) electrons. The largest absolute Gasteiger partial charge is 0.398 e. The van der Waals surface area contributed by atoms with E-state index >= 15 is 0 Å². The molecule has 4 N–H and O–H groups in total. The van der Waals surface area contributed by atoms with Crippen LogP contribution in [0.1, 0.15) is 33.1 Å². The maximum absolute atomic E-state index is 12.4. The highest BCUT2D eigenvalue weighted by atomic mass is 16.3. The molecule has 0 bridgehead atoms. The van der Waals surface area contributed by atoms with E-state index in [-0.39, 0.29) is 11.9 Å². The van der Waals surface area contributed by atoms with Gasteiger partial charge in [-0.05, 0) is 29.7 Å². The number of aliphatic hydroxyl groups excluding tert-OH is 1. The van der Waals surface area contributed by atoms with Gasteiger partial charge in [0, 0.05) is 12.1 Å². The van der Waals surface area contributed by atoms with Crippen molar-refractivity contribution in [2.45, 2.75) is 25.5 Å². The highest BCUT2D eigenvalue weighted by Crippen LogP contribution is 2.31. The number of carbonyl (C=O) groups is 1. The van der Waals surface area contributed by atoms with Crippen molar-refractivity contribution in [1.29, 1.82) is 0 Å². The maximum atomic E-state index is 12.4. The zero-order valence-corrected chi connectivity index (χ0v) is 11.8. The van der Waals surface area contributed by atoms with Crippen molar-refractivity contribution < 1.29 is 9.90 Å². The number of benzene rings is 2. The summed E-state index contributed by atoms with van der Waals surface area (Å²) < 4.78 is 0.